The number of carboxylic acids is 1. The van der Waals surface area contributed by atoms with E-state index in [1.807, 2.05) is 0 Å². The highest BCUT2D eigenvalue weighted by atomic mass is 16.4. The molecule has 1 aromatic carbocycles. The minimum Gasteiger partial charge on any atom is -0.508 e. The van der Waals surface area contributed by atoms with Crippen LogP contribution in [-0.4, -0.2) is 22.1 Å². The molecule has 1 atom stereocenters. The number of aromatic hydroxyl groups is 1. The quantitative estimate of drug-likeness (QED) is 0.657. The average molecular weight is 221 g/mol. The first-order valence-corrected chi connectivity index (χ1v) is 4.49. The maximum atomic E-state index is 11.0. The molecule has 0 saturated heterocycles. The highest BCUT2D eigenvalue weighted by Crippen LogP contribution is 2.17. The maximum Gasteiger partial charge on any atom is 0.330 e. The van der Waals surface area contributed by atoms with Crippen molar-refractivity contribution >= 4 is 11.9 Å². The normalized spacial score (nSPS) is 11.5. The van der Waals surface area contributed by atoms with Gasteiger partial charge in [-0.15, -0.1) is 0 Å². The summed E-state index contributed by atoms with van der Waals surface area (Å²) in [5.41, 5.74) is 0.375. The summed E-state index contributed by atoms with van der Waals surface area (Å²) in [6.45, 7) is 3.24. The van der Waals surface area contributed by atoms with Crippen LogP contribution in [0.25, 0.3) is 0 Å². The minimum absolute atomic E-state index is 0.0305. The fourth-order valence-electron chi connectivity index (χ4n) is 1.16. The fraction of sp³-hybridized carbons (Fsp3) is 0.0909. The van der Waals surface area contributed by atoms with Crippen LogP contribution in [0.1, 0.15) is 11.6 Å². The van der Waals surface area contributed by atoms with Crippen LogP contribution in [0.2, 0.25) is 0 Å². The molecule has 0 radical (unpaired) electrons. The molecule has 0 saturated carbocycles. The van der Waals surface area contributed by atoms with Crippen molar-refractivity contribution in [3.05, 3.63) is 42.5 Å². The van der Waals surface area contributed by atoms with Gasteiger partial charge in [-0.25, -0.2) is 4.79 Å². The van der Waals surface area contributed by atoms with Crippen LogP contribution in [-0.2, 0) is 9.59 Å². The van der Waals surface area contributed by atoms with E-state index in [9.17, 15) is 9.59 Å². The van der Waals surface area contributed by atoms with Gasteiger partial charge in [0.1, 0.15) is 5.75 Å². The van der Waals surface area contributed by atoms with Crippen molar-refractivity contribution in [2.24, 2.45) is 0 Å². The molecular weight excluding hydrogens is 210 g/mol. The smallest absolute Gasteiger partial charge is 0.330 e. The molecule has 5 nitrogen and oxygen atoms in total. The van der Waals surface area contributed by atoms with Gasteiger partial charge in [0.05, 0.1) is 0 Å². The summed E-state index contributed by atoms with van der Waals surface area (Å²) in [6, 6.07) is 4.41. The van der Waals surface area contributed by atoms with Crippen molar-refractivity contribution in [3.8, 4) is 5.75 Å². The summed E-state index contributed by atoms with van der Waals surface area (Å²) < 4.78 is 0. The zero-order valence-corrected chi connectivity index (χ0v) is 8.38. The first-order chi connectivity index (χ1) is 7.54. The number of carbonyl (C=O) groups excluding carboxylic acids is 1. The van der Waals surface area contributed by atoms with E-state index in [4.69, 9.17) is 10.2 Å². The first-order valence-electron chi connectivity index (χ1n) is 4.49. The molecule has 1 aromatic rings. The number of phenolic OH excluding ortho intramolecular Hbond substituents is 1. The van der Waals surface area contributed by atoms with Crippen molar-refractivity contribution in [2.45, 2.75) is 6.04 Å². The number of carbonyl (C=O) groups is 2. The lowest BCUT2D eigenvalue weighted by Gasteiger charge is -2.13. The Balaban J connectivity index is 2.93. The molecule has 84 valence electrons. The Morgan fingerprint density at radius 2 is 1.88 bits per heavy atom. The molecule has 1 amide bonds. The minimum atomic E-state index is -1.18. The molecule has 16 heavy (non-hydrogen) atoms. The Labute approximate surface area is 92.0 Å². The lowest BCUT2D eigenvalue weighted by Crippen LogP contribution is -2.32. The Kier molecular flexibility index (Phi) is 3.66. The molecular formula is C11H11NO4. The molecule has 1 rings (SSSR count). The third-order valence-corrected chi connectivity index (χ3v) is 1.95. The largest absolute Gasteiger partial charge is 0.508 e. The summed E-state index contributed by atoms with van der Waals surface area (Å²) in [6.07, 6.45) is 0.996. The Hall–Kier alpha value is -2.30. The van der Waals surface area contributed by atoms with Gasteiger partial charge in [0.15, 0.2) is 6.04 Å². The summed E-state index contributed by atoms with van der Waals surface area (Å²) in [7, 11) is 0. The third kappa shape index (κ3) is 2.84. The molecule has 5 heteroatoms. The molecule has 0 aromatic heterocycles. The van der Waals surface area contributed by atoms with E-state index in [-0.39, 0.29) is 5.75 Å². The van der Waals surface area contributed by atoms with Gasteiger partial charge >= 0.3 is 5.97 Å². The van der Waals surface area contributed by atoms with Gasteiger partial charge in [-0.05, 0) is 23.8 Å². The molecule has 0 aliphatic carbocycles. The monoisotopic (exact) mass is 221 g/mol. The van der Waals surface area contributed by atoms with Crippen molar-refractivity contribution in [1.29, 1.82) is 0 Å². The highest BCUT2D eigenvalue weighted by Gasteiger charge is 2.20. The van der Waals surface area contributed by atoms with E-state index >= 15 is 0 Å². The van der Waals surface area contributed by atoms with Gasteiger partial charge in [0, 0.05) is 0 Å². The predicted octanol–water partition coefficient (Wildman–Crippen LogP) is 0.820. The van der Waals surface area contributed by atoms with E-state index < -0.39 is 17.9 Å². The summed E-state index contributed by atoms with van der Waals surface area (Å²) in [5.74, 6) is -1.72. The second-order valence-corrected chi connectivity index (χ2v) is 3.08. The van der Waals surface area contributed by atoms with Crippen molar-refractivity contribution in [2.75, 3.05) is 0 Å². The summed E-state index contributed by atoms with van der Waals surface area (Å²) in [5, 5.41) is 20.2. The van der Waals surface area contributed by atoms with E-state index in [0.29, 0.717) is 5.56 Å². The number of benzene rings is 1. The average Bonchev–Trinajstić information content (AvgIpc) is 2.26. The molecule has 0 unspecified atom stereocenters. The fourth-order valence-corrected chi connectivity index (χ4v) is 1.16. The van der Waals surface area contributed by atoms with Crippen LogP contribution in [0.3, 0.4) is 0 Å². The lowest BCUT2D eigenvalue weighted by molar-refractivity contribution is -0.141. The second-order valence-electron chi connectivity index (χ2n) is 3.08. The second kappa shape index (κ2) is 4.97. The summed E-state index contributed by atoms with van der Waals surface area (Å²) in [4.78, 5) is 21.9. The van der Waals surface area contributed by atoms with E-state index in [1.54, 1.807) is 0 Å². The van der Waals surface area contributed by atoms with Crippen LogP contribution < -0.4 is 5.32 Å². The van der Waals surface area contributed by atoms with E-state index in [1.165, 1.54) is 24.3 Å². The Morgan fingerprint density at radius 1 is 1.31 bits per heavy atom. The van der Waals surface area contributed by atoms with Crippen molar-refractivity contribution < 1.29 is 19.8 Å². The van der Waals surface area contributed by atoms with E-state index in [0.717, 1.165) is 6.08 Å². The molecule has 0 aliphatic heterocycles. The van der Waals surface area contributed by atoms with Crippen LogP contribution in [0.4, 0.5) is 0 Å². The number of aliphatic carboxylic acids is 1. The van der Waals surface area contributed by atoms with Crippen LogP contribution in [0.15, 0.2) is 36.9 Å². The summed E-state index contributed by atoms with van der Waals surface area (Å²) >= 11 is 0. The van der Waals surface area contributed by atoms with Gasteiger partial charge < -0.3 is 15.5 Å². The molecule has 3 N–H and O–H groups in total. The molecule has 0 spiro atoms. The Bertz CT molecular complexity index is 410. The number of hydrogen-bond donors (Lipinski definition) is 3. The number of carboxylic acid groups (broad SMARTS) is 1. The first kappa shape index (κ1) is 11.8. The highest BCUT2D eigenvalue weighted by molar-refractivity contribution is 5.91. The number of amides is 1. The number of hydrogen-bond acceptors (Lipinski definition) is 3. The third-order valence-electron chi connectivity index (χ3n) is 1.95. The van der Waals surface area contributed by atoms with Gasteiger partial charge in [-0.1, -0.05) is 18.7 Å². The lowest BCUT2D eigenvalue weighted by atomic mass is 10.1. The zero-order chi connectivity index (χ0) is 12.1. The number of nitrogens with one attached hydrogen (secondary N) is 1. The Morgan fingerprint density at radius 3 is 2.31 bits per heavy atom. The van der Waals surface area contributed by atoms with Gasteiger partial charge in [-0.3, -0.25) is 4.79 Å². The van der Waals surface area contributed by atoms with Crippen LogP contribution in [0, 0.1) is 0 Å². The standard InChI is InChI=1S/C11H11NO4/c1-2-9(14)12-10(11(15)16)7-3-5-8(13)6-4-7/h2-6,10,13H,1H2,(H,12,14)(H,15,16)/t10-/m1/s1. The van der Waals surface area contributed by atoms with Gasteiger partial charge in [0.2, 0.25) is 5.91 Å². The van der Waals surface area contributed by atoms with E-state index in [2.05, 4.69) is 11.9 Å². The molecule has 0 bridgehead atoms. The van der Waals surface area contributed by atoms with Gasteiger partial charge in [0.25, 0.3) is 0 Å². The molecule has 0 heterocycles. The zero-order valence-electron chi connectivity index (χ0n) is 8.38. The number of phenols is 1. The molecule has 0 aliphatic rings. The predicted molar refractivity (Wildman–Crippen MR) is 56.8 cm³/mol. The topological polar surface area (TPSA) is 86.6 Å². The number of rotatable bonds is 4. The molecule has 0 fully saturated rings. The van der Waals surface area contributed by atoms with Gasteiger partial charge in [-0.2, -0.15) is 0 Å². The maximum absolute atomic E-state index is 11.0. The van der Waals surface area contributed by atoms with Crippen molar-refractivity contribution in [1.82, 2.24) is 5.32 Å². The van der Waals surface area contributed by atoms with Crippen LogP contribution >= 0.6 is 0 Å². The SMILES string of the molecule is C=CC(=O)N[C@@H](C(=O)O)c1ccc(O)cc1. The van der Waals surface area contributed by atoms with Crippen LogP contribution in [0.5, 0.6) is 5.75 Å². The van der Waals surface area contributed by atoms with Crippen molar-refractivity contribution in [3.63, 3.8) is 0 Å².